The van der Waals surface area contributed by atoms with Crippen LogP contribution in [0, 0.1) is 0 Å². The molecule has 0 bridgehead atoms. The molecule has 0 heterocycles. The third-order valence-electron chi connectivity index (χ3n) is 2.24. The normalized spacial score (nSPS) is 11.6. The molecule has 0 aliphatic carbocycles. The van der Waals surface area contributed by atoms with E-state index in [-0.39, 0.29) is 11.9 Å². The summed E-state index contributed by atoms with van der Waals surface area (Å²) in [7, 11) is 1.58. The first-order chi connectivity index (χ1) is 8.02. The first-order valence-electron chi connectivity index (χ1n) is 5.26. The highest BCUT2D eigenvalue weighted by Gasteiger charge is 2.10. The fourth-order valence-electron chi connectivity index (χ4n) is 1.40. The lowest BCUT2D eigenvalue weighted by Crippen LogP contribution is -2.35. The van der Waals surface area contributed by atoms with E-state index < -0.39 is 0 Å². The highest BCUT2D eigenvalue weighted by Crippen LogP contribution is 2.11. The molecule has 0 saturated carbocycles. The van der Waals surface area contributed by atoms with Gasteiger partial charge in [-0.15, -0.1) is 0 Å². The molecule has 1 rings (SSSR count). The Labute approximate surface area is 106 Å². The second-order valence-electron chi connectivity index (χ2n) is 3.77. The van der Waals surface area contributed by atoms with Gasteiger partial charge in [0.1, 0.15) is 5.75 Å². The smallest absolute Gasteiger partial charge is 0.251 e. The van der Waals surface area contributed by atoms with Crippen molar-refractivity contribution in [1.82, 2.24) is 5.32 Å². The van der Waals surface area contributed by atoms with E-state index in [1.54, 1.807) is 31.4 Å². The Bertz CT molecular complexity index is 403. The zero-order valence-corrected chi connectivity index (χ0v) is 10.7. The lowest BCUT2D eigenvalue weighted by Gasteiger charge is -2.13. The van der Waals surface area contributed by atoms with Crippen LogP contribution < -0.4 is 15.8 Å². The van der Waals surface area contributed by atoms with Gasteiger partial charge in [0, 0.05) is 18.0 Å². The summed E-state index contributed by atoms with van der Waals surface area (Å²) in [6.45, 7) is 1.86. The van der Waals surface area contributed by atoms with Gasteiger partial charge >= 0.3 is 0 Å². The minimum Gasteiger partial charge on any atom is -0.497 e. The van der Waals surface area contributed by atoms with E-state index in [1.807, 2.05) is 6.92 Å². The molecule has 17 heavy (non-hydrogen) atoms. The number of rotatable bonds is 5. The Hall–Kier alpha value is -1.62. The van der Waals surface area contributed by atoms with Crippen LogP contribution in [0.25, 0.3) is 0 Å². The van der Waals surface area contributed by atoms with Crippen molar-refractivity contribution in [2.24, 2.45) is 5.73 Å². The lowest BCUT2D eigenvalue weighted by atomic mass is 10.1. The second-order valence-corrected chi connectivity index (χ2v) is 4.30. The van der Waals surface area contributed by atoms with Crippen LogP contribution in [0.2, 0.25) is 0 Å². The molecule has 0 radical (unpaired) electrons. The van der Waals surface area contributed by atoms with E-state index in [4.69, 9.17) is 22.7 Å². The summed E-state index contributed by atoms with van der Waals surface area (Å²) in [5.41, 5.74) is 5.99. The molecule has 0 fully saturated rings. The third-order valence-corrected chi connectivity index (χ3v) is 2.40. The van der Waals surface area contributed by atoms with E-state index in [1.165, 1.54) is 0 Å². The van der Waals surface area contributed by atoms with Gasteiger partial charge in [-0.3, -0.25) is 4.79 Å². The summed E-state index contributed by atoms with van der Waals surface area (Å²) >= 11 is 4.78. The molecular weight excluding hydrogens is 236 g/mol. The van der Waals surface area contributed by atoms with Crippen molar-refractivity contribution >= 4 is 23.1 Å². The zero-order valence-electron chi connectivity index (χ0n) is 9.90. The number of amides is 1. The predicted molar refractivity (Wildman–Crippen MR) is 71.3 cm³/mol. The average Bonchev–Trinajstić information content (AvgIpc) is 2.28. The number of methoxy groups -OCH3 is 1. The van der Waals surface area contributed by atoms with E-state index in [0.29, 0.717) is 17.0 Å². The summed E-state index contributed by atoms with van der Waals surface area (Å²) in [6.07, 6.45) is 0.497. The van der Waals surface area contributed by atoms with Crippen molar-refractivity contribution in [3.63, 3.8) is 0 Å². The molecule has 0 aliphatic heterocycles. The van der Waals surface area contributed by atoms with Crippen molar-refractivity contribution < 1.29 is 9.53 Å². The Balaban J connectivity index is 2.60. The molecule has 4 nitrogen and oxygen atoms in total. The van der Waals surface area contributed by atoms with E-state index in [2.05, 4.69) is 5.32 Å². The van der Waals surface area contributed by atoms with Gasteiger partial charge in [0.05, 0.1) is 12.1 Å². The number of carbonyl (C=O) groups is 1. The van der Waals surface area contributed by atoms with Crippen LogP contribution in [-0.2, 0) is 0 Å². The summed E-state index contributed by atoms with van der Waals surface area (Å²) in [6, 6.07) is 6.84. The van der Waals surface area contributed by atoms with Gasteiger partial charge in [-0.25, -0.2) is 0 Å². The summed E-state index contributed by atoms with van der Waals surface area (Å²) < 4.78 is 5.02. The van der Waals surface area contributed by atoms with Crippen LogP contribution >= 0.6 is 12.2 Å². The lowest BCUT2D eigenvalue weighted by molar-refractivity contribution is 0.0941. The van der Waals surface area contributed by atoms with Gasteiger partial charge in [0.2, 0.25) is 0 Å². The molecule has 92 valence electrons. The highest BCUT2D eigenvalue weighted by molar-refractivity contribution is 7.80. The Kier molecular flexibility index (Phi) is 4.90. The molecule has 3 N–H and O–H groups in total. The summed E-state index contributed by atoms with van der Waals surface area (Å²) in [5, 5.41) is 2.82. The van der Waals surface area contributed by atoms with Crippen molar-refractivity contribution in [2.45, 2.75) is 19.4 Å². The van der Waals surface area contributed by atoms with Gasteiger partial charge in [-0.05, 0) is 31.2 Å². The van der Waals surface area contributed by atoms with Crippen LogP contribution in [0.1, 0.15) is 23.7 Å². The third kappa shape index (κ3) is 4.40. The molecule has 0 spiro atoms. The van der Waals surface area contributed by atoms with Gasteiger partial charge in [-0.2, -0.15) is 0 Å². The molecule has 1 unspecified atom stereocenters. The number of hydrogen-bond acceptors (Lipinski definition) is 3. The fourth-order valence-corrected chi connectivity index (χ4v) is 1.65. The predicted octanol–water partition coefficient (Wildman–Crippen LogP) is 1.49. The number of ether oxygens (including phenoxy) is 1. The highest BCUT2D eigenvalue weighted by atomic mass is 32.1. The summed E-state index contributed by atoms with van der Waals surface area (Å²) in [4.78, 5) is 12.2. The first-order valence-corrected chi connectivity index (χ1v) is 5.67. The molecule has 0 aromatic heterocycles. The maximum absolute atomic E-state index is 11.8. The van der Waals surface area contributed by atoms with Crippen LogP contribution in [0.15, 0.2) is 24.3 Å². The first kappa shape index (κ1) is 13.4. The van der Waals surface area contributed by atoms with Crippen molar-refractivity contribution in [1.29, 1.82) is 0 Å². The topological polar surface area (TPSA) is 64.3 Å². The fraction of sp³-hybridized carbons (Fsp3) is 0.333. The van der Waals surface area contributed by atoms with Crippen LogP contribution in [0.4, 0.5) is 0 Å². The molecule has 0 saturated heterocycles. The largest absolute Gasteiger partial charge is 0.497 e. The minimum absolute atomic E-state index is 0.0675. The maximum atomic E-state index is 11.8. The molecule has 1 amide bonds. The second kappa shape index (κ2) is 6.20. The van der Waals surface area contributed by atoms with E-state index in [9.17, 15) is 4.79 Å². The number of carbonyl (C=O) groups excluding carboxylic acids is 1. The van der Waals surface area contributed by atoms with Crippen molar-refractivity contribution in [2.75, 3.05) is 7.11 Å². The molecule has 5 heteroatoms. The van der Waals surface area contributed by atoms with Gasteiger partial charge in [0.15, 0.2) is 0 Å². The SMILES string of the molecule is COc1ccc(C(=O)NC(C)CC(N)=S)cc1. The quantitative estimate of drug-likeness (QED) is 0.779. The summed E-state index contributed by atoms with van der Waals surface area (Å²) in [5.74, 6) is 0.578. The molecule has 1 aromatic rings. The minimum atomic E-state index is -0.142. The Morgan fingerprint density at radius 2 is 2.06 bits per heavy atom. The number of benzene rings is 1. The molecular formula is C12H16N2O2S. The van der Waals surface area contributed by atoms with E-state index in [0.717, 1.165) is 5.75 Å². The molecule has 1 aromatic carbocycles. The van der Waals surface area contributed by atoms with Crippen LogP contribution in [0.3, 0.4) is 0 Å². The number of nitrogens with one attached hydrogen (secondary N) is 1. The van der Waals surface area contributed by atoms with Crippen LogP contribution in [0.5, 0.6) is 5.75 Å². The van der Waals surface area contributed by atoms with Crippen molar-refractivity contribution in [3.8, 4) is 5.75 Å². The maximum Gasteiger partial charge on any atom is 0.251 e. The average molecular weight is 252 g/mol. The monoisotopic (exact) mass is 252 g/mol. The standard InChI is InChI=1S/C12H16N2O2S/c1-8(7-11(13)17)14-12(15)9-3-5-10(16-2)6-4-9/h3-6,8H,7H2,1-2H3,(H2,13,17)(H,14,15). The Morgan fingerprint density at radius 3 is 2.53 bits per heavy atom. The zero-order chi connectivity index (χ0) is 12.8. The number of hydrogen-bond donors (Lipinski definition) is 2. The van der Waals surface area contributed by atoms with Gasteiger partial charge in [-0.1, -0.05) is 12.2 Å². The van der Waals surface area contributed by atoms with Gasteiger partial charge in [0.25, 0.3) is 5.91 Å². The Morgan fingerprint density at radius 1 is 1.47 bits per heavy atom. The number of nitrogens with two attached hydrogens (primary N) is 1. The van der Waals surface area contributed by atoms with Gasteiger partial charge < -0.3 is 15.8 Å². The van der Waals surface area contributed by atoms with Crippen LogP contribution in [-0.4, -0.2) is 24.0 Å². The van der Waals surface area contributed by atoms with E-state index >= 15 is 0 Å². The molecule has 1 atom stereocenters. The number of thiocarbonyl (C=S) groups is 1. The van der Waals surface area contributed by atoms with Crippen molar-refractivity contribution in [3.05, 3.63) is 29.8 Å². The molecule has 0 aliphatic rings.